The molecule has 0 aliphatic heterocycles. The van der Waals surface area contributed by atoms with E-state index in [1.165, 1.54) is 51.5 Å². The largest absolute Gasteiger partial charge is 0.299 e. The van der Waals surface area contributed by atoms with E-state index in [-0.39, 0.29) is 0 Å². The molecule has 1 heteroatoms. The highest BCUT2D eigenvalue weighted by Gasteiger charge is 2.16. The maximum Gasteiger partial charge on any atom is 0.00412 e. The van der Waals surface area contributed by atoms with Gasteiger partial charge in [-0.15, -0.1) is 0 Å². The normalized spacial score (nSPS) is 18.9. The van der Waals surface area contributed by atoms with Crippen molar-refractivity contribution in [3.63, 3.8) is 0 Å². The molecule has 0 amide bonds. The van der Waals surface area contributed by atoms with Gasteiger partial charge in [0, 0.05) is 12.1 Å². The Kier molecular flexibility index (Phi) is 6.41. The van der Waals surface area contributed by atoms with E-state index in [9.17, 15) is 0 Å². The number of nitrogens with zero attached hydrogens (tertiary/aromatic N) is 1. The fourth-order valence-electron chi connectivity index (χ4n) is 3.15. The van der Waals surface area contributed by atoms with Gasteiger partial charge in [-0.25, -0.2) is 0 Å². The van der Waals surface area contributed by atoms with Gasteiger partial charge in [0.05, 0.1) is 0 Å². The van der Waals surface area contributed by atoms with E-state index in [4.69, 9.17) is 0 Å². The summed E-state index contributed by atoms with van der Waals surface area (Å²) in [7, 11) is 0. The Hall–Kier alpha value is -0.0400. The van der Waals surface area contributed by atoms with Crippen molar-refractivity contribution in [2.75, 3.05) is 6.54 Å². The van der Waals surface area contributed by atoms with Crippen LogP contribution in [0.25, 0.3) is 0 Å². The average Bonchev–Trinajstić information content (AvgIpc) is 2.24. The number of rotatable bonds is 6. The summed E-state index contributed by atoms with van der Waals surface area (Å²) in [4.78, 5) is 2.63. The summed E-state index contributed by atoms with van der Waals surface area (Å²) in [6.45, 7) is 10.6. The topological polar surface area (TPSA) is 3.24 Å². The Labute approximate surface area is 103 Å². The van der Waals surface area contributed by atoms with Crippen LogP contribution < -0.4 is 0 Å². The van der Waals surface area contributed by atoms with Gasteiger partial charge in [-0.2, -0.15) is 0 Å². The molecule has 0 heterocycles. The molecule has 0 unspecified atom stereocenters. The maximum absolute atomic E-state index is 2.63. The van der Waals surface area contributed by atoms with Crippen LogP contribution in [0.3, 0.4) is 0 Å². The van der Waals surface area contributed by atoms with Gasteiger partial charge < -0.3 is 0 Å². The van der Waals surface area contributed by atoms with Crippen LogP contribution in [0.2, 0.25) is 0 Å². The predicted molar refractivity (Wildman–Crippen MR) is 72.8 cm³/mol. The number of hydrogen-bond donors (Lipinski definition) is 0. The first-order valence-corrected chi connectivity index (χ1v) is 7.37. The second-order valence-electron chi connectivity index (χ2n) is 6.07. The van der Waals surface area contributed by atoms with Crippen LogP contribution in [-0.2, 0) is 0 Å². The summed E-state index contributed by atoms with van der Waals surface area (Å²) in [5, 5.41) is 0. The van der Waals surface area contributed by atoms with Gasteiger partial charge in [0.1, 0.15) is 0 Å². The van der Waals surface area contributed by atoms with Gasteiger partial charge in [0.2, 0.25) is 0 Å². The Bertz CT molecular complexity index is 160. The van der Waals surface area contributed by atoms with Crippen LogP contribution in [-0.4, -0.2) is 23.5 Å². The molecule has 0 aromatic heterocycles. The molecule has 1 aliphatic carbocycles. The highest BCUT2D eigenvalue weighted by atomic mass is 15.2. The molecular formula is C15H31N. The average molecular weight is 225 g/mol. The lowest BCUT2D eigenvalue weighted by Crippen LogP contribution is -2.37. The SMILES string of the molecule is CC(C)N(CCCC1CCCCC1)C(C)C. The minimum absolute atomic E-state index is 0.700. The summed E-state index contributed by atoms with van der Waals surface area (Å²) >= 11 is 0. The van der Waals surface area contributed by atoms with E-state index >= 15 is 0 Å². The van der Waals surface area contributed by atoms with Crippen molar-refractivity contribution in [1.82, 2.24) is 4.90 Å². The summed E-state index contributed by atoms with van der Waals surface area (Å²) in [6, 6.07) is 1.40. The first kappa shape index (κ1) is 14.0. The van der Waals surface area contributed by atoms with Crippen LogP contribution in [0.5, 0.6) is 0 Å². The molecular weight excluding hydrogens is 194 g/mol. The zero-order valence-corrected chi connectivity index (χ0v) is 11.8. The van der Waals surface area contributed by atoms with Crippen molar-refractivity contribution in [3.05, 3.63) is 0 Å². The molecule has 0 aromatic rings. The Morgan fingerprint density at radius 2 is 1.50 bits per heavy atom. The van der Waals surface area contributed by atoms with Crippen molar-refractivity contribution in [1.29, 1.82) is 0 Å². The minimum atomic E-state index is 0.700. The van der Waals surface area contributed by atoms with E-state index in [1.807, 2.05) is 0 Å². The Morgan fingerprint density at radius 1 is 0.938 bits per heavy atom. The Morgan fingerprint density at radius 3 is 2.00 bits per heavy atom. The quantitative estimate of drug-likeness (QED) is 0.645. The van der Waals surface area contributed by atoms with Crippen LogP contribution in [0, 0.1) is 5.92 Å². The third kappa shape index (κ3) is 4.86. The molecule has 0 radical (unpaired) electrons. The first-order chi connectivity index (χ1) is 7.61. The highest BCUT2D eigenvalue weighted by Crippen LogP contribution is 2.27. The molecule has 1 nitrogen and oxygen atoms in total. The molecule has 1 saturated carbocycles. The summed E-state index contributed by atoms with van der Waals surface area (Å²) < 4.78 is 0. The molecule has 0 aromatic carbocycles. The third-order valence-corrected chi connectivity index (χ3v) is 4.08. The van der Waals surface area contributed by atoms with Gasteiger partial charge in [-0.05, 0) is 53.0 Å². The molecule has 0 N–H and O–H groups in total. The first-order valence-electron chi connectivity index (χ1n) is 7.37. The smallest absolute Gasteiger partial charge is 0.00412 e. The van der Waals surface area contributed by atoms with Crippen molar-refractivity contribution in [2.45, 2.75) is 84.7 Å². The van der Waals surface area contributed by atoms with E-state index in [0.29, 0.717) is 12.1 Å². The molecule has 1 rings (SSSR count). The third-order valence-electron chi connectivity index (χ3n) is 4.08. The van der Waals surface area contributed by atoms with Crippen LogP contribution in [0.15, 0.2) is 0 Å². The maximum atomic E-state index is 2.63. The van der Waals surface area contributed by atoms with E-state index in [0.717, 1.165) is 5.92 Å². The molecule has 1 fully saturated rings. The van der Waals surface area contributed by atoms with Gasteiger partial charge >= 0.3 is 0 Å². The highest BCUT2D eigenvalue weighted by molar-refractivity contribution is 4.70. The number of hydrogen-bond acceptors (Lipinski definition) is 1. The van der Waals surface area contributed by atoms with Gasteiger partial charge in [-0.3, -0.25) is 4.90 Å². The van der Waals surface area contributed by atoms with Crippen molar-refractivity contribution in [2.24, 2.45) is 5.92 Å². The zero-order valence-electron chi connectivity index (χ0n) is 11.8. The van der Waals surface area contributed by atoms with Crippen molar-refractivity contribution in [3.8, 4) is 0 Å². The summed E-state index contributed by atoms with van der Waals surface area (Å²) in [5.74, 6) is 1.05. The molecule has 0 atom stereocenters. The molecule has 0 spiro atoms. The molecule has 16 heavy (non-hydrogen) atoms. The second-order valence-corrected chi connectivity index (χ2v) is 6.07. The second kappa shape index (κ2) is 7.32. The standard InChI is InChI=1S/C15H31N/c1-13(2)16(14(3)4)12-8-11-15-9-6-5-7-10-15/h13-15H,5-12H2,1-4H3. The fraction of sp³-hybridized carbons (Fsp3) is 1.00. The van der Waals surface area contributed by atoms with Gasteiger partial charge in [-0.1, -0.05) is 32.1 Å². The lowest BCUT2D eigenvalue weighted by molar-refractivity contribution is 0.165. The minimum Gasteiger partial charge on any atom is -0.299 e. The monoisotopic (exact) mass is 225 g/mol. The van der Waals surface area contributed by atoms with Gasteiger partial charge in [0.25, 0.3) is 0 Å². The van der Waals surface area contributed by atoms with E-state index in [1.54, 1.807) is 0 Å². The summed E-state index contributed by atoms with van der Waals surface area (Å²) in [6.07, 6.45) is 10.3. The molecule has 0 saturated heterocycles. The van der Waals surface area contributed by atoms with Gasteiger partial charge in [0.15, 0.2) is 0 Å². The molecule has 0 bridgehead atoms. The molecule has 96 valence electrons. The fourth-order valence-corrected chi connectivity index (χ4v) is 3.15. The van der Waals surface area contributed by atoms with Crippen molar-refractivity contribution >= 4 is 0 Å². The van der Waals surface area contributed by atoms with Crippen LogP contribution in [0.1, 0.15) is 72.6 Å². The van der Waals surface area contributed by atoms with Crippen LogP contribution in [0.4, 0.5) is 0 Å². The lowest BCUT2D eigenvalue weighted by atomic mass is 9.86. The predicted octanol–water partition coefficient (Wildman–Crippen LogP) is 4.47. The Balaban J connectivity index is 2.16. The summed E-state index contributed by atoms with van der Waals surface area (Å²) in [5.41, 5.74) is 0. The van der Waals surface area contributed by atoms with Crippen molar-refractivity contribution < 1.29 is 0 Å². The van der Waals surface area contributed by atoms with E-state index < -0.39 is 0 Å². The molecule has 1 aliphatic rings. The zero-order chi connectivity index (χ0) is 12.0. The van der Waals surface area contributed by atoms with Crippen LogP contribution >= 0.6 is 0 Å². The van der Waals surface area contributed by atoms with E-state index in [2.05, 4.69) is 32.6 Å². The lowest BCUT2D eigenvalue weighted by Gasteiger charge is -2.31.